The van der Waals surface area contributed by atoms with Crippen LogP contribution in [0.1, 0.15) is 30.1 Å². The summed E-state index contributed by atoms with van der Waals surface area (Å²) >= 11 is 5.66. The Morgan fingerprint density at radius 3 is 2.58 bits per heavy atom. The van der Waals surface area contributed by atoms with Crippen molar-refractivity contribution in [2.24, 2.45) is 11.8 Å². The molecule has 1 aliphatic heterocycles. The van der Waals surface area contributed by atoms with Gasteiger partial charge in [0.05, 0.1) is 11.2 Å². The second-order valence-electron chi connectivity index (χ2n) is 9.09. The first kappa shape index (κ1) is 21.9. The number of aromatic nitrogens is 1. The van der Waals surface area contributed by atoms with Gasteiger partial charge in [0.15, 0.2) is 5.11 Å². The average molecular weight is 471 g/mol. The highest BCUT2D eigenvalue weighted by Gasteiger charge is 2.36. The van der Waals surface area contributed by atoms with Gasteiger partial charge in [-0.2, -0.15) is 0 Å². The Morgan fingerprint density at radius 2 is 1.97 bits per heavy atom. The number of hydrogen-bond donors (Lipinski definition) is 2. The predicted octanol–water partition coefficient (Wildman–Crippen LogP) is 2.82. The summed E-state index contributed by atoms with van der Waals surface area (Å²) in [4.78, 5) is 28.1. The average Bonchev–Trinajstić information content (AvgIpc) is 3.42. The number of nitrogens with zero attached hydrogens (tertiary/aromatic N) is 3. The molecule has 2 aromatic rings. The van der Waals surface area contributed by atoms with Gasteiger partial charge >= 0.3 is 5.97 Å². The normalized spacial score (nSPS) is 24.0. The van der Waals surface area contributed by atoms with Gasteiger partial charge in [0.1, 0.15) is 11.4 Å². The van der Waals surface area contributed by atoms with Gasteiger partial charge in [0.25, 0.3) is 0 Å². The summed E-state index contributed by atoms with van der Waals surface area (Å²) < 4.78 is 16.8. The minimum Gasteiger partial charge on any atom is -0.477 e. The summed E-state index contributed by atoms with van der Waals surface area (Å²) in [6.45, 7) is 4.89. The number of carbonyl (C=O) groups is 1. The van der Waals surface area contributed by atoms with Gasteiger partial charge in [0.2, 0.25) is 5.43 Å². The zero-order valence-corrected chi connectivity index (χ0v) is 19.3. The number of piperazine rings is 1. The number of nitrogens with one attached hydrogen (secondary N) is 1. The van der Waals surface area contributed by atoms with Gasteiger partial charge in [-0.05, 0) is 56.0 Å². The predicted molar refractivity (Wildman–Crippen MR) is 129 cm³/mol. The Morgan fingerprint density at radius 1 is 1.21 bits per heavy atom. The van der Waals surface area contributed by atoms with Gasteiger partial charge in [-0.1, -0.05) is 12.2 Å². The Balaban J connectivity index is 1.33. The fraction of sp³-hybridized carbons (Fsp3) is 0.458. The van der Waals surface area contributed by atoms with Crippen molar-refractivity contribution in [1.29, 1.82) is 0 Å². The van der Waals surface area contributed by atoms with Crippen LogP contribution < -0.4 is 15.6 Å². The zero-order chi connectivity index (χ0) is 23.3. The van der Waals surface area contributed by atoms with Crippen LogP contribution in [0.25, 0.3) is 10.9 Å². The summed E-state index contributed by atoms with van der Waals surface area (Å²) in [5.41, 5.74) is -0.0572. The van der Waals surface area contributed by atoms with Gasteiger partial charge in [-0.25, -0.2) is 9.18 Å². The molecule has 174 valence electrons. The lowest BCUT2D eigenvalue weighted by Gasteiger charge is -2.38. The number of carboxylic acids is 1. The molecule has 2 N–H and O–H groups in total. The molecule has 1 aromatic carbocycles. The van der Waals surface area contributed by atoms with Crippen molar-refractivity contribution in [3.05, 3.63) is 52.1 Å². The zero-order valence-electron chi connectivity index (χ0n) is 18.5. The van der Waals surface area contributed by atoms with E-state index in [4.69, 9.17) is 12.2 Å². The number of halogens is 1. The molecule has 0 radical (unpaired) electrons. The van der Waals surface area contributed by atoms with E-state index in [1.807, 2.05) is 11.8 Å². The van der Waals surface area contributed by atoms with Crippen molar-refractivity contribution in [2.45, 2.75) is 32.4 Å². The van der Waals surface area contributed by atoms with E-state index in [0.717, 1.165) is 11.5 Å². The molecule has 3 atom stereocenters. The molecule has 3 aliphatic rings. The van der Waals surface area contributed by atoms with Gasteiger partial charge in [-0.15, -0.1) is 0 Å². The molecule has 0 spiro atoms. The highest BCUT2D eigenvalue weighted by Crippen LogP contribution is 2.39. The first-order valence-corrected chi connectivity index (χ1v) is 11.8. The molecular weight excluding hydrogens is 443 g/mol. The monoisotopic (exact) mass is 470 g/mol. The third kappa shape index (κ3) is 3.88. The van der Waals surface area contributed by atoms with Crippen molar-refractivity contribution >= 4 is 39.9 Å². The highest BCUT2D eigenvalue weighted by atomic mass is 32.1. The lowest BCUT2D eigenvalue weighted by atomic mass is 10.0. The molecule has 2 bridgehead atoms. The minimum atomic E-state index is -1.31. The molecule has 1 saturated heterocycles. The number of rotatable bonds is 4. The topological polar surface area (TPSA) is 77.8 Å². The Labute approximate surface area is 196 Å². The van der Waals surface area contributed by atoms with E-state index in [1.54, 1.807) is 10.6 Å². The van der Waals surface area contributed by atoms with Crippen molar-refractivity contribution in [2.75, 3.05) is 31.1 Å². The molecule has 0 amide bonds. The van der Waals surface area contributed by atoms with E-state index in [2.05, 4.69) is 22.4 Å². The van der Waals surface area contributed by atoms with Crippen LogP contribution in [0.3, 0.4) is 0 Å². The first-order valence-electron chi connectivity index (χ1n) is 11.4. The smallest absolute Gasteiger partial charge is 0.341 e. The van der Waals surface area contributed by atoms with Crippen molar-refractivity contribution < 1.29 is 14.3 Å². The fourth-order valence-electron chi connectivity index (χ4n) is 5.40. The van der Waals surface area contributed by atoms with E-state index in [9.17, 15) is 14.7 Å². The Hall–Kier alpha value is -2.94. The van der Waals surface area contributed by atoms with Crippen molar-refractivity contribution in [3.63, 3.8) is 0 Å². The molecule has 9 heteroatoms. The number of allylic oxidation sites excluding steroid dienone is 1. The number of hydrogen-bond acceptors (Lipinski definition) is 4. The maximum atomic E-state index is 15.1. The summed E-state index contributed by atoms with van der Waals surface area (Å²) in [5, 5.41) is 13.7. The van der Waals surface area contributed by atoms with E-state index < -0.39 is 17.2 Å². The number of fused-ring (bicyclic) bond motifs is 3. The lowest BCUT2D eigenvalue weighted by Crippen LogP contribution is -2.54. The SMILES string of the molecule is CCn1cc(C(=O)O)c(=O)c2cc(F)c(N3CCN(C(=S)N[C@@H]4C[C@@H]5C=C[C@H]4C5)CC3)cc21. The first-order chi connectivity index (χ1) is 15.9. The number of thiocarbonyl (C=S) groups is 1. The molecule has 2 aliphatic carbocycles. The summed E-state index contributed by atoms with van der Waals surface area (Å²) in [5.74, 6) is -0.586. The molecular formula is C24H27FN4O3S. The molecule has 0 unspecified atom stereocenters. The molecule has 7 nitrogen and oxygen atoms in total. The summed E-state index contributed by atoms with van der Waals surface area (Å²) in [6, 6.07) is 3.24. The van der Waals surface area contributed by atoms with Crippen LogP contribution >= 0.6 is 12.2 Å². The number of benzene rings is 1. The summed E-state index contributed by atoms with van der Waals surface area (Å²) in [7, 11) is 0. The standard InChI is InChI=1S/C24H27FN4O3S/c1-2-27-13-17(23(31)32)22(30)16-11-18(25)21(12-20(16)27)28-5-7-29(8-6-28)24(33)26-19-10-14-3-4-15(19)9-14/h3-4,11-15,19H,2,5-10H2,1H3,(H,26,33)(H,31,32)/t14-,15+,19-/m1/s1. The minimum absolute atomic E-state index is 0.0851. The Bertz CT molecular complexity index is 1220. The van der Waals surface area contributed by atoms with Crippen LogP contribution in [0.15, 0.2) is 35.3 Å². The van der Waals surface area contributed by atoms with Crippen LogP contribution in [0.4, 0.5) is 10.1 Å². The van der Waals surface area contributed by atoms with Crippen LogP contribution in [0.2, 0.25) is 0 Å². The molecule has 2 fully saturated rings. The summed E-state index contributed by atoms with van der Waals surface area (Å²) in [6.07, 6.45) is 8.29. The molecule has 2 heterocycles. The maximum Gasteiger partial charge on any atom is 0.341 e. The fourth-order valence-corrected chi connectivity index (χ4v) is 5.74. The van der Waals surface area contributed by atoms with E-state index in [1.165, 1.54) is 18.7 Å². The quantitative estimate of drug-likeness (QED) is 0.526. The van der Waals surface area contributed by atoms with Crippen molar-refractivity contribution in [3.8, 4) is 0 Å². The van der Waals surface area contributed by atoms with Crippen LogP contribution in [-0.4, -0.2) is 57.9 Å². The molecule has 33 heavy (non-hydrogen) atoms. The molecule has 5 rings (SSSR count). The van der Waals surface area contributed by atoms with Gasteiger partial charge in [-0.3, -0.25) is 4.79 Å². The number of pyridine rings is 1. The second-order valence-corrected chi connectivity index (χ2v) is 9.48. The maximum absolute atomic E-state index is 15.1. The lowest BCUT2D eigenvalue weighted by molar-refractivity contribution is 0.0695. The number of anilines is 1. The van der Waals surface area contributed by atoms with Crippen LogP contribution in [0, 0.1) is 17.7 Å². The third-order valence-electron chi connectivity index (χ3n) is 7.22. The number of aromatic carboxylic acids is 1. The third-order valence-corrected chi connectivity index (χ3v) is 7.59. The van der Waals surface area contributed by atoms with Crippen LogP contribution in [0.5, 0.6) is 0 Å². The highest BCUT2D eigenvalue weighted by molar-refractivity contribution is 7.80. The number of aryl methyl sites for hydroxylation is 1. The Kier molecular flexibility index (Phi) is 5.60. The van der Waals surface area contributed by atoms with Gasteiger partial charge < -0.3 is 24.8 Å². The largest absolute Gasteiger partial charge is 0.477 e. The van der Waals surface area contributed by atoms with Crippen LogP contribution in [-0.2, 0) is 6.54 Å². The van der Waals surface area contributed by atoms with E-state index >= 15 is 4.39 Å². The molecule has 1 saturated carbocycles. The van der Waals surface area contributed by atoms with E-state index in [0.29, 0.717) is 61.8 Å². The van der Waals surface area contributed by atoms with Gasteiger partial charge in [0, 0.05) is 50.3 Å². The van der Waals surface area contributed by atoms with E-state index in [-0.39, 0.29) is 10.9 Å². The van der Waals surface area contributed by atoms with Crippen molar-refractivity contribution in [1.82, 2.24) is 14.8 Å². The second kappa shape index (κ2) is 8.44. The molecule has 1 aromatic heterocycles. The number of carboxylic acid groups (broad SMARTS) is 1.